The van der Waals surface area contributed by atoms with Crippen LogP contribution in [0.15, 0.2) is 78.0 Å². The van der Waals surface area contributed by atoms with E-state index in [-0.39, 0.29) is 5.82 Å². The van der Waals surface area contributed by atoms with Crippen molar-refractivity contribution in [1.29, 1.82) is 5.26 Å². The molecule has 0 saturated carbocycles. The highest BCUT2D eigenvalue weighted by atomic mass is 32.2. The highest BCUT2D eigenvalue weighted by Crippen LogP contribution is 2.31. The van der Waals surface area contributed by atoms with E-state index < -0.39 is 0 Å². The number of hydrogen-bond acceptors (Lipinski definition) is 4. The van der Waals surface area contributed by atoms with E-state index in [9.17, 15) is 4.39 Å². The minimum Gasteiger partial charge on any atom is -0.270 e. The summed E-state index contributed by atoms with van der Waals surface area (Å²) in [5, 5.41) is 18.3. The Balaban J connectivity index is 1.74. The van der Waals surface area contributed by atoms with Crippen LogP contribution in [0.2, 0.25) is 0 Å². The zero-order valence-corrected chi connectivity index (χ0v) is 16.5. The molecular formula is C23H17FN4S. The fourth-order valence-corrected chi connectivity index (χ4v) is 3.91. The molecule has 4 rings (SSSR count). The fourth-order valence-electron chi connectivity index (χ4n) is 3.00. The first-order chi connectivity index (χ1) is 14.2. The van der Waals surface area contributed by atoms with Gasteiger partial charge in [-0.1, -0.05) is 48.2 Å². The molecule has 0 bridgehead atoms. The summed E-state index contributed by atoms with van der Waals surface area (Å²) in [6.07, 6.45) is 0. The molecular weight excluding hydrogens is 383 g/mol. The molecule has 4 nitrogen and oxygen atoms in total. The first-order valence-electron chi connectivity index (χ1n) is 9.05. The van der Waals surface area contributed by atoms with Gasteiger partial charge in [0, 0.05) is 11.4 Å². The Morgan fingerprint density at radius 3 is 2.52 bits per heavy atom. The average Bonchev–Trinajstić information content (AvgIpc) is 3.16. The van der Waals surface area contributed by atoms with Crippen molar-refractivity contribution in [2.24, 2.45) is 0 Å². The second kappa shape index (κ2) is 8.29. The SMILES string of the molecule is Cc1cccc(-n2c(SCc3ccc(C#N)cc3)nnc2-c2ccccc2F)c1. The van der Waals surface area contributed by atoms with Gasteiger partial charge in [0.2, 0.25) is 0 Å². The third-order valence-electron chi connectivity index (χ3n) is 4.46. The normalized spacial score (nSPS) is 10.7. The molecule has 0 aliphatic rings. The van der Waals surface area contributed by atoms with Gasteiger partial charge in [-0.3, -0.25) is 4.57 Å². The number of rotatable bonds is 5. The lowest BCUT2D eigenvalue weighted by Gasteiger charge is -2.11. The summed E-state index contributed by atoms with van der Waals surface area (Å²) in [6, 6.07) is 24.1. The summed E-state index contributed by atoms with van der Waals surface area (Å²) in [6.45, 7) is 2.01. The Bertz CT molecular complexity index is 1190. The lowest BCUT2D eigenvalue weighted by atomic mass is 10.2. The van der Waals surface area contributed by atoms with Crippen molar-refractivity contribution in [2.45, 2.75) is 17.8 Å². The van der Waals surface area contributed by atoms with Gasteiger partial charge in [0.25, 0.3) is 0 Å². The molecule has 6 heteroatoms. The van der Waals surface area contributed by atoms with E-state index in [2.05, 4.69) is 16.3 Å². The van der Waals surface area contributed by atoms with Crippen LogP contribution in [0, 0.1) is 24.1 Å². The number of nitriles is 1. The van der Waals surface area contributed by atoms with Gasteiger partial charge in [0.05, 0.1) is 17.2 Å². The molecule has 0 aliphatic carbocycles. The summed E-state index contributed by atoms with van der Waals surface area (Å²) >= 11 is 1.52. The predicted molar refractivity (Wildman–Crippen MR) is 112 cm³/mol. The molecule has 0 amide bonds. The topological polar surface area (TPSA) is 54.5 Å². The molecule has 0 unspecified atom stereocenters. The monoisotopic (exact) mass is 400 g/mol. The van der Waals surface area contributed by atoms with E-state index in [4.69, 9.17) is 5.26 Å². The van der Waals surface area contributed by atoms with E-state index in [1.165, 1.54) is 17.8 Å². The molecule has 1 heterocycles. The maximum atomic E-state index is 14.5. The maximum Gasteiger partial charge on any atom is 0.196 e. The van der Waals surface area contributed by atoms with Crippen molar-refractivity contribution in [1.82, 2.24) is 14.8 Å². The van der Waals surface area contributed by atoms with Crippen molar-refractivity contribution in [2.75, 3.05) is 0 Å². The second-order valence-electron chi connectivity index (χ2n) is 6.56. The zero-order chi connectivity index (χ0) is 20.2. The van der Waals surface area contributed by atoms with Crippen LogP contribution in [0.1, 0.15) is 16.7 Å². The zero-order valence-electron chi connectivity index (χ0n) is 15.7. The molecule has 0 spiro atoms. The number of benzene rings is 3. The summed E-state index contributed by atoms with van der Waals surface area (Å²) < 4.78 is 16.4. The largest absolute Gasteiger partial charge is 0.270 e. The Morgan fingerprint density at radius 1 is 1.00 bits per heavy atom. The van der Waals surface area contributed by atoms with Gasteiger partial charge in [-0.2, -0.15) is 5.26 Å². The van der Waals surface area contributed by atoms with Crippen LogP contribution in [0.25, 0.3) is 17.1 Å². The highest BCUT2D eigenvalue weighted by Gasteiger charge is 2.18. The molecule has 29 heavy (non-hydrogen) atoms. The standard InChI is InChI=1S/C23H17FN4S/c1-16-5-4-6-19(13-16)28-22(20-7-2-3-8-21(20)24)26-27-23(28)29-15-18-11-9-17(14-25)10-12-18/h2-13H,15H2,1H3. The smallest absolute Gasteiger partial charge is 0.196 e. The van der Waals surface area contributed by atoms with Crippen molar-refractivity contribution in [3.63, 3.8) is 0 Å². The summed E-state index contributed by atoms with van der Waals surface area (Å²) in [5.74, 6) is 0.792. The molecule has 4 aromatic rings. The number of thioether (sulfide) groups is 1. The first kappa shape index (κ1) is 18.9. The van der Waals surface area contributed by atoms with E-state index >= 15 is 0 Å². The highest BCUT2D eigenvalue weighted by molar-refractivity contribution is 7.98. The van der Waals surface area contributed by atoms with Crippen LogP contribution in [0.4, 0.5) is 4.39 Å². The van der Waals surface area contributed by atoms with Crippen LogP contribution in [-0.4, -0.2) is 14.8 Å². The number of halogens is 1. The Kier molecular flexibility index (Phi) is 5.41. The van der Waals surface area contributed by atoms with Gasteiger partial charge in [-0.05, 0) is 54.4 Å². The Labute approximate surface area is 172 Å². The average molecular weight is 400 g/mol. The van der Waals surface area contributed by atoms with Crippen LogP contribution in [-0.2, 0) is 5.75 Å². The minimum atomic E-state index is -0.336. The van der Waals surface area contributed by atoms with Gasteiger partial charge >= 0.3 is 0 Å². The van der Waals surface area contributed by atoms with Gasteiger partial charge in [-0.15, -0.1) is 10.2 Å². The molecule has 0 N–H and O–H groups in total. The number of aryl methyl sites for hydroxylation is 1. The molecule has 1 aromatic heterocycles. The van der Waals surface area contributed by atoms with E-state index in [1.807, 2.05) is 47.9 Å². The number of nitrogens with zero attached hydrogens (tertiary/aromatic N) is 4. The van der Waals surface area contributed by atoms with E-state index in [0.29, 0.717) is 27.9 Å². The quantitative estimate of drug-likeness (QED) is 0.412. The molecule has 0 fully saturated rings. The molecule has 0 atom stereocenters. The van der Waals surface area contributed by atoms with Crippen LogP contribution < -0.4 is 0 Å². The number of hydrogen-bond donors (Lipinski definition) is 0. The van der Waals surface area contributed by atoms with Crippen LogP contribution >= 0.6 is 11.8 Å². The first-order valence-corrected chi connectivity index (χ1v) is 10.0. The Morgan fingerprint density at radius 2 is 1.79 bits per heavy atom. The lowest BCUT2D eigenvalue weighted by molar-refractivity contribution is 0.629. The summed E-state index contributed by atoms with van der Waals surface area (Å²) in [5.41, 5.74) is 4.09. The molecule has 0 aliphatic heterocycles. The maximum absolute atomic E-state index is 14.5. The van der Waals surface area contributed by atoms with E-state index in [0.717, 1.165) is 16.8 Å². The third-order valence-corrected chi connectivity index (χ3v) is 5.46. The van der Waals surface area contributed by atoms with E-state index in [1.54, 1.807) is 30.3 Å². The van der Waals surface area contributed by atoms with Crippen molar-refractivity contribution in [3.05, 3.63) is 95.3 Å². The second-order valence-corrected chi connectivity index (χ2v) is 7.50. The Hall–Kier alpha value is -3.43. The predicted octanol–water partition coefficient (Wildman–Crippen LogP) is 5.55. The number of aromatic nitrogens is 3. The fraction of sp³-hybridized carbons (Fsp3) is 0.0870. The summed E-state index contributed by atoms with van der Waals surface area (Å²) in [7, 11) is 0. The van der Waals surface area contributed by atoms with Crippen molar-refractivity contribution in [3.8, 4) is 23.1 Å². The van der Waals surface area contributed by atoms with Crippen molar-refractivity contribution < 1.29 is 4.39 Å². The van der Waals surface area contributed by atoms with Crippen molar-refractivity contribution >= 4 is 11.8 Å². The molecule has 0 radical (unpaired) electrons. The minimum absolute atomic E-state index is 0.336. The van der Waals surface area contributed by atoms with Gasteiger partial charge in [-0.25, -0.2) is 4.39 Å². The molecule has 0 saturated heterocycles. The van der Waals surface area contributed by atoms with Crippen LogP contribution in [0.3, 0.4) is 0 Å². The molecule has 142 valence electrons. The van der Waals surface area contributed by atoms with Gasteiger partial charge in [0.1, 0.15) is 5.82 Å². The van der Waals surface area contributed by atoms with Gasteiger partial charge in [0.15, 0.2) is 11.0 Å². The molecule has 3 aromatic carbocycles. The van der Waals surface area contributed by atoms with Gasteiger partial charge < -0.3 is 0 Å². The van der Waals surface area contributed by atoms with Crippen LogP contribution in [0.5, 0.6) is 0 Å². The third kappa shape index (κ3) is 4.05. The summed E-state index contributed by atoms with van der Waals surface area (Å²) in [4.78, 5) is 0. The lowest BCUT2D eigenvalue weighted by Crippen LogP contribution is -2.01.